The minimum Gasteiger partial charge on any atom is -0.369 e. The van der Waals surface area contributed by atoms with Crippen LogP contribution in [-0.4, -0.2) is 39.6 Å². The maximum atomic E-state index is 12.6. The van der Waals surface area contributed by atoms with Crippen molar-refractivity contribution < 1.29 is 9.59 Å². The van der Waals surface area contributed by atoms with Crippen molar-refractivity contribution >= 4 is 11.8 Å². The summed E-state index contributed by atoms with van der Waals surface area (Å²) in [5.41, 5.74) is 6.73. The monoisotopic (exact) mass is 292 g/mol. The van der Waals surface area contributed by atoms with E-state index in [1.54, 1.807) is 16.6 Å². The van der Waals surface area contributed by atoms with Crippen molar-refractivity contribution in [2.45, 2.75) is 39.0 Å². The summed E-state index contributed by atoms with van der Waals surface area (Å²) in [6.07, 6.45) is 1.29. The van der Waals surface area contributed by atoms with Gasteiger partial charge in [-0.25, -0.2) is 0 Å². The number of nitrogens with zero attached hydrogens (tertiary/aromatic N) is 3. The lowest BCUT2D eigenvalue weighted by atomic mass is 9.92. The van der Waals surface area contributed by atoms with Crippen LogP contribution >= 0.6 is 0 Å². The number of aryl methyl sites for hydroxylation is 1. The summed E-state index contributed by atoms with van der Waals surface area (Å²) in [5, 5.41) is 4.44. The van der Waals surface area contributed by atoms with Crippen molar-refractivity contribution in [2.24, 2.45) is 18.7 Å². The van der Waals surface area contributed by atoms with Crippen LogP contribution in [0.25, 0.3) is 0 Å². The van der Waals surface area contributed by atoms with Gasteiger partial charge in [-0.2, -0.15) is 5.10 Å². The van der Waals surface area contributed by atoms with Crippen LogP contribution in [-0.2, 0) is 17.3 Å². The molecule has 6 nitrogen and oxygen atoms in total. The highest BCUT2D eigenvalue weighted by Gasteiger charge is 2.29. The van der Waals surface area contributed by atoms with Gasteiger partial charge in [0.15, 0.2) is 0 Å². The van der Waals surface area contributed by atoms with Gasteiger partial charge in [0.05, 0.1) is 5.69 Å². The second-order valence-corrected chi connectivity index (χ2v) is 6.76. The Morgan fingerprint density at radius 1 is 1.29 bits per heavy atom. The fourth-order valence-corrected chi connectivity index (χ4v) is 2.56. The molecule has 1 aromatic rings. The molecule has 21 heavy (non-hydrogen) atoms. The predicted molar refractivity (Wildman–Crippen MR) is 79.7 cm³/mol. The highest BCUT2D eigenvalue weighted by atomic mass is 16.2. The number of rotatable bonds is 2. The molecule has 1 fully saturated rings. The largest absolute Gasteiger partial charge is 0.369 e. The van der Waals surface area contributed by atoms with Crippen molar-refractivity contribution in [2.75, 3.05) is 13.1 Å². The van der Waals surface area contributed by atoms with E-state index in [4.69, 9.17) is 5.73 Å². The predicted octanol–water partition coefficient (Wildman–Crippen LogP) is 1.06. The Morgan fingerprint density at radius 2 is 1.86 bits per heavy atom. The molecule has 0 spiro atoms. The van der Waals surface area contributed by atoms with Crippen molar-refractivity contribution in [1.82, 2.24) is 14.7 Å². The van der Waals surface area contributed by atoms with E-state index in [0.717, 1.165) is 5.69 Å². The SMILES string of the molecule is Cn1nc(C(C)(C)C)cc1C(=O)N1CCC(C(N)=O)CC1. The number of carbonyl (C=O) groups is 2. The Labute approximate surface area is 125 Å². The lowest BCUT2D eigenvalue weighted by Crippen LogP contribution is -2.42. The van der Waals surface area contributed by atoms with Gasteiger partial charge in [0.1, 0.15) is 5.69 Å². The van der Waals surface area contributed by atoms with Crippen molar-refractivity contribution in [3.8, 4) is 0 Å². The molecule has 0 bridgehead atoms. The second-order valence-electron chi connectivity index (χ2n) is 6.76. The first-order chi connectivity index (χ1) is 9.70. The lowest BCUT2D eigenvalue weighted by molar-refractivity contribution is -0.123. The Kier molecular flexibility index (Phi) is 4.07. The molecule has 2 amide bonds. The van der Waals surface area contributed by atoms with E-state index < -0.39 is 0 Å². The average molecular weight is 292 g/mol. The average Bonchev–Trinajstić information content (AvgIpc) is 2.80. The molecule has 116 valence electrons. The van der Waals surface area contributed by atoms with Gasteiger partial charge in [0.25, 0.3) is 5.91 Å². The Balaban J connectivity index is 2.11. The van der Waals surface area contributed by atoms with Crippen molar-refractivity contribution in [3.05, 3.63) is 17.5 Å². The van der Waals surface area contributed by atoms with Crippen LogP contribution in [0.5, 0.6) is 0 Å². The van der Waals surface area contributed by atoms with Gasteiger partial charge >= 0.3 is 0 Å². The minimum absolute atomic E-state index is 0.0246. The molecule has 0 unspecified atom stereocenters. The van der Waals surface area contributed by atoms with Crippen LogP contribution in [0.15, 0.2) is 6.07 Å². The summed E-state index contributed by atoms with van der Waals surface area (Å²) >= 11 is 0. The first-order valence-corrected chi connectivity index (χ1v) is 7.33. The first kappa shape index (κ1) is 15.5. The molecule has 0 radical (unpaired) electrons. The van der Waals surface area contributed by atoms with E-state index in [-0.39, 0.29) is 23.1 Å². The maximum absolute atomic E-state index is 12.6. The normalized spacial score (nSPS) is 17.0. The fourth-order valence-electron chi connectivity index (χ4n) is 2.56. The molecular weight excluding hydrogens is 268 g/mol. The Bertz CT molecular complexity index is 549. The van der Waals surface area contributed by atoms with Crippen LogP contribution in [0.2, 0.25) is 0 Å². The van der Waals surface area contributed by atoms with E-state index in [1.165, 1.54) is 0 Å². The second kappa shape index (κ2) is 5.50. The van der Waals surface area contributed by atoms with Crippen molar-refractivity contribution in [1.29, 1.82) is 0 Å². The third-order valence-electron chi connectivity index (χ3n) is 4.05. The molecule has 0 aliphatic carbocycles. The molecule has 1 aliphatic rings. The molecule has 1 saturated heterocycles. The summed E-state index contributed by atoms with van der Waals surface area (Å²) in [4.78, 5) is 25.5. The zero-order chi connectivity index (χ0) is 15.8. The molecule has 1 aliphatic heterocycles. The molecular formula is C15H24N4O2. The van der Waals surface area contributed by atoms with Crippen LogP contribution < -0.4 is 5.73 Å². The highest BCUT2D eigenvalue weighted by Crippen LogP contribution is 2.23. The molecule has 6 heteroatoms. The van der Waals surface area contributed by atoms with E-state index in [1.807, 2.05) is 6.07 Å². The molecule has 0 aromatic carbocycles. The number of piperidine rings is 1. The number of nitrogens with two attached hydrogens (primary N) is 1. The van der Waals surface area contributed by atoms with E-state index >= 15 is 0 Å². The molecule has 2 heterocycles. The smallest absolute Gasteiger partial charge is 0.272 e. The van der Waals surface area contributed by atoms with Crippen LogP contribution in [0.4, 0.5) is 0 Å². The number of amides is 2. The third kappa shape index (κ3) is 3.25. The minimum atomic E-state index is -0.266. The maximum Gasteiger partial charge on any atom is 0.272 e. The third-order valence-corrected chi connectivity index (χ3v) is 4.05. The summed E-state index contributed by atoms with van der Waals surface area (Å²) in [6, 6.07) is 1.86. The lowest BCUT2D eigenvalue weighted by Gasteiger charge is -2.30. The first-order valence-electron chi connectivity index (χ1n) is 7.33. The zero-order valence-electron chi connectivity index (χ0n) is 13.2. The van der Waals surface area contributed by atoms with Gasteiger partial charge in [-0.1, -0.05) is 20.8 Å². The Morgan fingerprint density at radius 3 is 2.29 bits per heavy atom. The molecule has 0 saturated carbocycles. The number of likely N-dealkylation sites (tertiary alicyclic amines) is 1. The number of aromatic nitrogens is 2. The summed E-state index contributed by atoms with van der Waals surface area (Å²) in [5.74, 6) is -0.396. The quantitative estimate of drug-likeness (QED) is 0.884. The Hall–Kier alpha value is -1.85. The van der Waals surface area contributed by atoms with Crippen LogP contribution in [0, 0.1) is 5.92 Å². The van der Waals surface area contributed by atoms with Crippen molar-refractivity contribution in [3.63, 3.8) is 0 Å². The van der Waals surface area contributed by atoms with Crippen LogP contribution in [0.3, 0.4) is 0 Å². The van der Waals surface area contributed by atoms with Crippen LogP contribution in [0.1, 0.15) is 49.8 Å². The standard InChI is InChI=1S/C15H24N4O2/c1-15(2,3)12-9-11(18(4)17-12)14(21)19-7-5-10(6-8-19)13(16)20/h9-10H,5-8H2,1-4H3,(H2,16,20). The fraction of sp³-hybridized carbons (Fsp3) is 0.667. The zero-order valence-corrected chi connectivity index (χ0v) is 13.2. The van der Waals surface area contributed by atoms with E-state index in [0.29, 0.717) is 31.6 Å². The topological polar surface area (TPSA) is 81.2 Å². The molecule has 2 N–H and O–H groups in total. The number of carbonyl (C=O) groups excluding carboxylic acids is 2. The highest BCUT2D eigenvalue weighted by molar-refractivity contribution is 5.93. The van der Waals surface area contributed by atoms with Gasteiger partial charge in [-0.15, -0.1) is 0 Å². The summed E-state index contributed by atoms with van der Waals surface area (Å²) < 4.78 is 1.64. The van der Waals surface area contributed by atoms with Gasteiger partial charge in [0.2, 0.25) is 5.91 Å². The van der Waals surface area contributed by atoms with Gasteiger partial charge < -0.3 is 10.6 Å². The van der Waals surface area contributed by atoms with Gasteiger partial charge in [0, 0.05) is 31.5 Å². The van der Waals surface area contributed by atoms with Gasteiger partial charge in [-0.05, 0) is 18.9 Å². The van der Waals surface area contributed by atoms with Gasteiger partial charge in [-0.3, -0.25) is 14.3 Å². The molecule has 2 rings (SSSR count). The summed E-state index contributed by atoms with van der Waals surface area (Å²) in [6.45, 7) is 7.36. The van der Waals surface area contributed by atoms with E-state index in [2.05, 4.69) is 25.9 Å². The number of hydrogen-bond acceptors (Lipinski definition) is 3. The molecule has 0 atom stereocenters. The molecule has 1 aromatic heterocycles. The van der Waals surface area contributed by atoms with E-state index in [9.17, 15) is 9.59 Å². The summed E-state index contributed by atoms with van der Waals surface area (Å²) in [7, 11) is 1.79. The number of hydrogen-bond donors (Lipinski definition) is 1. The number of primary amides is 1.